The zero-order valence-electron chi connectivity index (χ0n) is 25.6. The van der Waals surface area contributed by atoms with Gasteiger partial charge in [-0.15, -0.1) is 0 Å². The molecular formula is C38H44O6. The van der Waals surface area contributed by atoms with Gasteiger partial charge in [0.15, 0.2) is 0 Å². The molecule has 1 saturated heterocycles. The third-order valence-electron chi connectivity index (χ3n) is 7.94. The predicted molar refractivity (Wildman–Crippen MR) is 171 cm³/mol. The van der Waals surface area contributed by atoms with Crippen LogP contribution in [0.3, 0.4) is 0 Å². The van der Waals surface area contributed by atoms with Crippen molar-refractivity contribution in [2.75, 3.05) is 6.61 Å². The molecule has 5 rings (SSSR count). The Bertz CT molecular complexity index is 1340. The monoisotopic (exact) mass is 596 g/mol. The highest BCUT2D eigenvalue weighted by Crippen LogP contribution is 2.33. The van der Waals surface area contributed by atoms with Gasteiger partial charge in [-0.3, -0.25) is 0 Å². The SMILES string of the molecule is CC(C)[C@@H](O)[C@@H]1O[C@H](COCc2ccccc2)[C@@H](OCc2ccccc2)[C@H](OCc2ccccc2)[C@H]1OCc1ccccc1. The van der Waals surface area contributed by atoms with Gasteiger partial charge in [-0.2, -0.15) is 0 Å². The van der Waals surface area contributed by atoms with Crippen molar-refractivity contribution in [3.63, 3.8) is 0 Å². The van der Waals surface area contributed by atoms with Crippen LogP contribution in [0, 0.1) is 5.92 Å². The fraction of sp³-hybridized carbons (Fsp3) is 0.368. The second-order valence-electron chi connectivity index (χ2n) is 11.7. The molecule has 4 aromatic carbocycles. The van der Waals surface area contributed by atoms with Crippen LogP contribution in [0.4, 0.5) is 0 Å². The Morgan fingerprint density at radius 1 is 0.545 bits per heavy atom. The average molecular weight is 597 g/mol. The lowest BCUT2D eigenvalue weighted by atomic mass is 9.88. The summed E-state index contributed by atoms with van der Waals surface area (Å²) >= 11 is 0. The van der Waals surface area contributed by atoms with Crippen molar-refractivity contribution in [1.29, 1.82) is 0 Å². The maximum Gasteiger partial charge on any atom is 0.116 e. The van der Waals surface area contributed by atoms with Gasteiger partial charge in [-0.05, 0) is 28.2 Å². The lowest BCUT2D eigenvalue weighted by Gasteiger charge is -2.48. The second kappa shape index (κ2) is 16.6. The summed E-state index contributed by atoms with van der Waals surface area (Å²) in [7, 11) is 0. The van der Waals surface area contributed by atoms with Gasteiger partial charge in [0.25, 0.3) is 0 Å². The van der Waals surface area contributed by atoms with Gasteiger partial charge in [0.05, 0.1) is 39.1 Å². The first-order valence-corrected chi connectivity index (χ1v) is 15.5. The van der Waals surface area contributed by atoms with Crippen LogP contribution in [0.15, 0.2) is 121 Å². The fourth-order valence-corrected chi connectivity index (χ4v) is 5.48. The van der Waals surface area contributed by atoms with Crippen LogP contribution in [0.5, 0.6) is 0 Å². The first kappa shape index (κ1) is 32.0. The van der Waals surface area contributed by atoms with Crippen molar-refractivity contribution in [1.82, 2.24) is 0 Å². The van der Waals surface area contributed by atoms with Crippen LogP contribution < -0.4 is 0 Å². The molecule has 0 aliphatic carbocycles. The molecule has 1 aliphatic rings. The highest BCUT2D eigenvalue weighted by molar-refractivity contribution is 5.16. The van der Waals surface area contributed by atoms with Crippen molar-refractivity contribution < 1.29 is 28.8 Å². The van der Waals surface area contributed by atoms with E-state index >= 15 is 0 Å². The zero-order valence-corrected chi connectivity index (χ0v) is 25.6. The Labute approximate surface area is 261 Å². The molecule has 4 aromatic rings. The molecule has 6 nitrogen and oxygen atoms in total. The van der Waals surface area contributed by atoms with Gasteiger partial charge in [0.2, 0.25) is 0 Å². The number of hydrogen-bond acceptors (Lipinski definition) is 6. The summed E-state index contributed by atoms with van der Waals surface area (Å²) in [6, 6.07) is 40.2. The topological polar surface area (TPSA) is 66.4 Å². The molecule has 6 heteroatoms. The average Bonchev–Trinajstić information content (AvgIpc) is 3.07. The molecule has 44 heavy (non-hydrogen) atoms. The summed E-state index contributed by atoms with van der Waals surface area (Å²) in [5.41, 5.74) is 4.19. The van der Waals surface area contributed by atoms with Crippen molar-refractivity contribution in [2.24, 2.45) is 5.92 Å². The number of ether oxygens (including phenoxy) is 5. The lowest BCUT2D eigenvalue weighted by Crippen LogP contribution is -2.64. The molecule has 0 saturated carbocycles. The molecule has 1 heterocycles. The molecule has 0 aromatic heterocycles. The van der Waals surface area contributed by atoms with Crippen molar-refractivity contribution in [3.8, 4) is 0 Å². The highest BCUT2D eigenvalue weighted by Gasteiger charge is 2.51. The van der Waals surface area contributed by atoms with E-state index in [0.717, 1.165) is 22.3 Å². The molecular weight excluding hydrogens is 552 g/mol. The van der Waals surface area contributed by atoms with Crippen LogP contribution in [-0.2, 0) is 50.1 Å². The Balaban J connectivity index is 1.45. The number of hydrogen-bond donors (Lipinski definition) is 1. The number of aliphatic hydroxyl groups excluding tert-OH is 1. The first-order chi connectivity index (χ1) is 21.6. The Hall–Kier alpha value is -3.36. The molecule has 232 valence electrons. The summed E-state index contributed by atoms with van der Waals surface area (Å²) in [6.07, 6.45) is -3.60. The van der Waals surface area contributed by atoms with Gasteiger partial charge in [0, 0.05) is 0 Å². The minimum atomic E-state index is -0.787. The maximum atomic E-state index is 11.5. The Kier molecular flexibility index (Phi) is 12.1. The van der Waals surface area contributed by atoms with E-state index in [1.54, 1.807) is 0 Å². The second-order valence-corrected chi connectivity index (χ2v) is 11.7. The first-order valence-electron chi connectivity index (χ1n) is 15.5. The third kappa shape index (κ3) is 9.08. The van der Waals surface area contributed by atoms with Crippen molar-refractivity contribution >= 4 is 0 Å². The van der Waals surface area contributed by atoms with E-state index in [2.05, 4.69) is 0 Å². The number of aliphatic hydroxyl groups is 1. The van der Waals surface area contributed by atoms with Crippen LogP contribution >= 0.6 is 0 Å². The summed E-state index contributed by atoms with van der Waals surface area (Å²) in [6.45, 7) is 5.77. The van der Waals surface area contributed by atoms with E-state index in [1.165, 1.54) is 0 Å². The third-order valence-corrected chi connectivity index (χ3v) is 7.94. The van der Waals surface area contributed by atoms with Crippen LogP contribution in [0.1, 0.15) is 36.1 Å². The molecule has 0 radical (unpaired) electrons. The molecule has 0 unspecified atom stereocenters. The highest BCUT2D eigenvalue weighted by atomic mass is 16.6. The van der Waals surface area contributed by atoms with E-state index in [4.69, 9.17) is 23.7 Å². The molecule has 1 N–H and O–H groups in total. The van der Waals surface area contributed by atoms with Crippen LogP contribution in [-0.4, -0.2) is 48.3 Å². The normalized spacial score (nSPS) is 22.6. The summed E-state index contributed by atoms with van der Waals surface area (Å²) in [4.78, 5) is 0. The minimum Gasteiger partial charge on any atom is -0.390 e. The van der Waals surface area contributed by atoms with E-state index in [-0.39, 0.29) is 12.5 Å². The van der Waals surface area contributed by atoms with Crippen molar-refractivity contribution in [3.05, 3.63) is 144 Å². The van der Waals surface area contributed by atoms with Gasteiger partial charge in [-0.25, -0.2) is 0 Å². The molecule has 1 aliphatic heterocycles. The maximum absolute atomic E-state index is 11.5. The van der Waals surface area contributed by atoms with Gasteiger partial charge >= 0.3 is 0 Å². The molecule has 6 atom stereocenters. The van der Waals surface area contributed by atoms with Gasteiger partial charge < -0.3 is 28.8 Å². The lowest BCUT2D eigenvalue weighted by molar-refractivity contribution is -0.289. The summed E-state index contributed by atoms with van der Waals surface area (Å²) in [5.74, 6) is -0.0646. The van der Waals surface area contributed by atoms with E-state index in [0.29, 0.717) is 26.4 Å². The van der Waals surface area contributed by atoms with E-state index < -0.39 is 36.6 Å². The molecule has 0 spiro atoms. The quantitative estimate of drug-likeness (QED) is 0.164. The van der Waals surface area contributed by atoms with Gasteiger partial charge in [-0.1, -0.05) is 135 Å². The van der Waals surface area contributed by atoms with Crippen LogP contribution in [0.2, 0.25) is 0 Å². The molecule has 0 amide bonds. The van der Waals surface area contributed by atoms with E-state index in [9.17, 15) is 5.11 Å². The smallest absolute Gasteiger partial charge is 0.116 e. The molecule has 0 bridgehead atoms. The number of rotatable bonds is 15. The minimum absolute atomic E-state index is 0.0646. The van der Waals surface area contributed by atoms with Crippen molar-refractivity contribution in [2.45, 2.75) is 76.9 Å². The Morgan fingerprint density at radius 2 is 0.932 bits per heavy atom. The molecule has 1 fully saturated rings. The largest absolute Gasteiger partial charge is 0.390 e. The standard InChI is InChI=1S/C38H44O6/c1-28(2)34(39)36-38(43-26-32-21-13-6-14-22-32)37(42-25-31-19-11-5-12-20-31)35(41-24-30-17-9-4-10-18-30)33(44-36)27-40-23-29-15-7-3-8-16-29/h3-22,28,33-39H,23-27H2,1-2H3/t33-,34-,35-,36+,37+,38+/m1/s1. The summed E-state index contributed by atoms with van der Waals surface area (Å²) < 4.78 is 33.0. The number of benzene rings is 4. The van der Waals surface area contributed by atoms with E-state index in [1.807, 2.05) is 135 Å². The summed E-state index contributed by atoms with van der Waals surface area (Å²) in [5, 5.41) is 11.5. The fourth-order valence-electron chi connectivity index (χ4n) is 5.48. The predicted octanol–water partition coefficient (Wildman–Crippen LogP) is 6.74. The van der Waals surface area contributed by atoms with Gasteiger partial charge in [0.1, 0.15) is 30.5 Å². The van der Waals surface area contributed by atoms with Crippen LogP contribution in [0.25, 0.3) is 0 Å². The Morgan fingerprint density at radius 3 is 1.36 bits per heavy atom. The zero-order chi connectivity index (χ0) is 30.6.